The van der Waals surface area contributed by atoms with Crippen LogP contribution in [0.15, 0.2) is 188 Å². The van der Waals surface area contributed by atoms with Crippen molar-refractivity contribution in [3.05, 3.63) is 216 Å². The summed E-state index contributed by atoms with van der Waals surface area (Å²) >= 11 is 0. The van der Waals surface area contributed by atoms with Crippen molar-refractivity contribution in [1.82, 2.24) is 19.5 Å². The van der Waals surface area contributed by atoms with Crippen molar-refractivity contribution in [3.8, 4) is 34.8 Å². The number of fused-ring (bicyclic) bond motifs is 3. The Hall–Kier alpha value is -7.16. The lowest BCUT2D eigenvalue weighted by Gasteiger charge is -2.37. The van der Waals surface area contributed by atoms with Crippen molar-refractivity contribution < 1.29 is 0 Å². The van der Waals surface area contributed by atoms with E-state index in [0.29, 0.717) is 23.2 Å². The van der Waals surface area contributed by atoms with Gasteiger partial charge in [-0.25, -0.2) is 4.98 Å². The third-order valence-electron chi connectivity index (χ3n) is 9.85. The number of benzene rings is 7. The summed E-state index contributed by atoms with van der Waals surface area (Å²) in [6.07, 6.45) is 0. The summed E-state index contributed by atoms with van der Waals surface area (Å²) in [5.41, 5.74) is 8.23. The molecule has 0 N–H and O–H groups in total. The molecule has 0 unspecified atom stereocenters. The first-order valence-electron chi connectivity index (χ1n) is 17.3. The van der Waals surface area contributed by atoms with Crippen LogP contribution in [0, 0.1) is 11.3 Å². The minimum atomic E-state index is -0.571. The zero-order valence-electron chi connectivity index (χ0n) is 28.1. The SMILES string of the molecule is N#Cc1cccc(-c2nc(-c3ccc(C(c4ccccc4)(c4ccccc4)c4ccccc4)cc3)nc(-n3c4ccccc4c4ccccc43)n2)c1. The number of hydrogen-bond acceptors (Lipinski definition) is 4. The van der Waals surface area contributed by atoms with E-state index in [4.69, 9.17) is 15.0 Å². The number of nitriles is 1. The summed E-state index contributed by atoms with van der Waals surface area (Å²) in [6.45, 7) is 0. The fourth-order valence-electron chi connectivity index (χ4n) is 7.52. The minimum absolute atomic E-state index is 0.496. The molecule has 0 bridgehead atoms. The summed E-state index contributed by atoms with van der Waals surface area (Å²) in [7, 11) is 0. The number of nitrogens with zero attached hydrogens (tertiary/aromatic N) is 5. The molecule has 244 valence electrons. The average Bonchev–Trinajstić information content (AvgIpc) is 3.57. The maximum absolute atomic E-state index is 9.71. The van der Waals surface area contributed by atoms with Gasteiger partial charge in [0.25, 0.3) is 0 Å². The Morgan fingerprint density at radius 2 is 0.885 bits per heavy atom. The molecular formula is C47H31N5. The second-order valence-corrected chi connectivity index (χ2v) is 12.8. The first kappa shape index (κ1) is 30.9. The molecule has 52 heavy (non-hydrogen) atoms. The van der Waals surface area contributed by atoms with Crippen molar-refractivity contribution >= 4 is 21.8 Å². The molecule has 2 aromatic heterocycles. The first-order chi connectivity index (χ1) is 25.7. The Kier molecular flexibility index (Phi) is 7.68. The second kappa shape index (κ2) is 12.9. The second-order valence-electron chi connectivity index (χ2n) is 12.8. The fourth-order valence-corrected chi connectivity index (χ4v) is 7.52. The van der Waals surface area contributed by atoms with E-state index in [2.05, 4.69) is 162 Å². The first-order valence-corrected chi connectivity index (χ1v) is 17.3. The standard InChI is InChI=1S/C47H31N5/c48-32-33-15-14-16-35(31-33)45-49-44(50-46(51-45)52-42-25-12-10-23-40(42)41-24-11-13-26-43(41)52)34-27-29-39(30-28-34)47(36-17-4-1-5-18-36,37-19-6-2-7-20-37)38-21-8-3-9-22-38/h1-31H. The van der Waals surface area contributed by atoms with Crippen LogP contribution >= 0.6 is 0 Å². The molecule has 7 aromatic carbocycles. The predicted octanol–water partition coefficient (Wildman–Crippen LogP) is 10.6. The van der Waals surface area contributed by atoms with Crippen LogP contribution in [-0.4, -0.2) is 19.5 Å². The van der Waals surface area contributed by atoms with Crippen LogP contribution in [0.4, 0.5) is 0 Å². The molecule has 0 aliphatic carbocycles. The largest absolute Gasteiger partial charge is 0.278 e. The predicted molar refractivity (Wildman–Crippen MR) is 208 cm³/mol. The molecule has 0 atom stereocenters. The Bertz CT molecular complexity index is 2580. The van der Waals surface area contributed by atoms with Crippen LogP contribution in [0.25, 0.3) is 50.5 Å². The van der Waals surface area contributed by atoms with Crippen LogP contribution in [0.1, 0.15) is 27.8 Å². The van der Waals surface area contributed by atoms with E-state index in [9.17, 15) is 5.26 Å². The maximum Gasteiger partial charge on any atom is 0.238 e. The van der Waals surface area contributed by atoms with Crippen LogP contribution in [-0.2, 0) is 5.41 Å². The van der Waals surface area contributed by atoms with Crippen molar-refractivity contribution in [1.29, 1.82) is 5.26 Å². The molecule has 5 heteroatoms. The minimum Gasteiger partial charge on any atom is -0.278 e. The van der Waals surface area contributed by atoms with Gasteiger partial charge in [0.15, 0.2) is 11.6 Å². The molecule has 0 aliphatic heterocycles. The lowest BCUT2D eigenvalue weighted by atomic mass is 9.65. The Morgan fingerprint density at radius 3 is 1.40 bits per heavy atom. The third kappa shape index (κ3) is 5.14. The van der Waals surface area contributed by atoms with Gasteiger partial charge in [0.2, 0.25) is 5.95 Å². The third-order valence-corrected chi connectivity index (χ3v) is 9.85. The smallest absolute Gasteiger partial charge is 0.238 e. The van der Waals surface area contributed by atoms with Gasteiger partial charge in [-0.3, -0.25) is 4.57 Å². The summed E-state index contributed by atoms with van der Waals surface area (Å²) in [5.74, 6) is 1.55. The van der Waals surface area contributed by atoms with Crippen LogP contribution in [0.5, 0.6) is 0 Å². The molecule has 0 aliphatic rings. The van der Waals surface area contributed by atoms with E-state index in [0.717, 1.165) is 38.5 Å². The fraction of sp³-hybridized carbons (Fsp3) is 0.0213. The Balaban J connectivity index is 1.27. The van der Waals surface area contributed by atoms with E-state index in [1.807, 2.05) is 30.3 Å². The molecule has 0 radical (unpaired) electrons. The lowest BCUT2D eigenvalue weighted by Crippen LogP contribution is -2.30. The van der Waals surface area contributed by atoms with Crippen molar-refractivity contribution in [2.24, 2.45) is 0 Å². The molecule has 0 saturated carbocycles. The molecule has 0 saturated heterocycles. The van der Waals surface area contributed by atoms with E-state index in [1.54, 1.807) is 6.07 Å². The highest BCUT2D eigenvalue weighted by Gasteiger charge is 2.38. The molecule has 9 rings (SSSR count). The van der Waals surface area contributed by atoms with E-state index >= 15 is 0 Å². The zero-order valence-corrected chi connectivity index (χ0v) is 28.1. The number of para-hydroxylation sites is 2. The molecule has 2 heterocycles. The zero-order chi connectivity index (χ0) is 34.9. The number of aromatic nitrogens is 4. The van der Waals surface area contributed by atoms with Crippen LogP contribution in [0.2, 0.25) is 0 Å². The van der Waals surface area contributed by atoms with Gasteiger partial charge in [0.1, 0.15) is 0 Å². The lowest BCUT2D eigenvalue weighted by molar-refractivity contribution is 0.745. The van der Waals surface area contributed by atoms with Gasteiger partial charge in [0, 0.05) is 21.9 Å². The molecule has 0 amide bonds. The monoisotopic (exact) mass is 665 g/mol. The maximum atomic E-state index is 9.71. The van der Waals surface area contributed by atoms with E-state index < -0.39 is 5.41 Å². The van der Waals surface area contributed by atoms with Crippen LogP contribution < -0.4 is 0 Å². The molecular weight excluding hydrogens is 635 g/mol. The average molecular weight is 666 g/mol. The highest BCUT2D eigenvalue weighted by atomic mass is 15.2. The van der Waals surface area contributed by atoms with E-state index in [1.165, 1.54) is 16.7 Å². The molecule has 0 spiro atoms. The van der Waals surface area contributed by atoms with Gasteiger partial charge in [-0.2, -0.15) is 15.2 Å². The van der Waals surface area contributed by atoms with Crippen LogP contribution in [0.3, 0.4) is 0 Å². The summed E-state index contributed by atoms with van der Waals surface area (Å²) < 4.78 is 2.10. The topological polar surface area (TPSA) is 67.4 Å². The highest BCUT2D eigenvalue weighted by molar-refractivity contribution is 6.09. The van der Waals surface area contributed by atoms with Crippen molar-refractivity contribution in [2.75, 3.05) is 0 Å². The van der Waals surface area contributed by atoms with Crippen molar-refractivity contribution in [3.63, 3.8) is 0 Å². The number of hydrogen-bond donors (Lipinski definition) is 0. The molecule has 9 aromatic rings. The highest BCUT2D eigenvalue weighted by Crippen LogP contribution is 2.45. The summed E-state index contributed by atoms with van der Waals surface area (Å²) in [5, 5.41) is 12.0. The van der Waals surface area contributed by atoms with Gasteiger partial charge < -0.3 is 0 Å². The quantitative estimate of drug-likeness (QED) is 0.159. The normalized spacial score (nSPS) is 11.4. The number of rotatable bonds is 7. The van der Waals surface area contributed by atoms with Gasteiger partial charge in [-0.05, 0) is 46.5 Å². The summed E-state index contributed by atoms with van der Waals surface area (Å²) in [4.78, 5) is 15.3. The van der Waals surface area contributed by atoms with Crippen molar-refractivity contribution in [2.45, 2.75) is 5.41 Å². The van der Waals surface area contributed by atoms with Gasteiger partial charge in [-0.15, -0.1) is 0 Å². The Morgan fingerprint density at radius 1 is 0.423 bits per heavy atom. The molecule has 0 fully saturated rings. The van der Waals surface area contributed by atoms with Gasteiger partial charge in [0.05, 0.1) is 28.1 Å². The summed E-state index contributed by atoms with van der Waals surface area (Å²) in [6, 6.07) is 67.0. The van der Waals surface area contributed by atoms with E-state index in [-0.39, 0.29) is 0 Å². The molecule has 5 nitrogen and oxygen atoms in total. The van der Waals surface area contributed by atoms with Gasteiger partial charge in [-0.1, -0.05) is 164 Å². The van der Waals surface area contributed by atoms with Gasteiger partial charge >= 0.3 is 0 Å². The Labute approximate surface area is 301 Å².